The molecule has 1 amide bonds. The lowest BCUT2D eigenvalue weighted by Gasteiger charge is -2.49. The number of piperidine rings is 1. The third-order valence-corrected chi connectivity index (χ3v) is 6.64. The predicted octanol–water partition coefficient (Wildman–Crippen LogP) is 2.14. The lowest BCUT2D eigenvalue weighted by Crippen LogP contribution is -2.60. The van der Waals surface area contributed by atoms with Crippen molar-refractivity contribution >= 4 is 33.2 Å². The summed E-state index contributed by atoms with van der Waals surface area (Å²) in [5, 5.41) is 0. The number of carbonyl (C=O) groups excluding carboxylic acids is 1. The fraction of sp³-hybridized carbons (Fsp3) is 0.500. The first kappa shape index (κ1) is 16.1. The van der Waals surface area contributed by atoms with Crippen LogP contribution in [0.4, 0.5) is 5.82 Å². The first-order chi connectivity index (χ1) is 12.6. The Morgan fingerprint density at radius 2 is 2.08 bits per heavy atom. The Labute approximate surface area is 160 Å². The second-order valence-corrected chi connectivity index (χ2v) is 8.17. The molecule has 0 bridgehead atoms. The van der Waals surface area contributed by atoms with E-state index in [1.165, 1.54) is 0 Å². The second kappa shape index (κ2) is 5.70. The summed E-state index contributed by atoms with van der Waals surface area (Å²) in [6, 6.07) is 0.121. The maximum atomic E-state index is 13.1. The Balaban J connectivity index is 1.50. The van der Waals surface area contributed by atoms with Gasteiger partial charge in [-0.05, 0) is 41.6 Å². The zero-order valence-electron chi connectivity index (χ0n) is 14.4. The van der Waals surface area contributed by atoms with Crippen molar-refractivity contribution < 1.29 is 4.79 Å². The highest BCUT2D eigenvalue weighted by atomic mass is 79.9. The molecular formula is C18H21BrN6O. The summed E-state index contributed by atoms with van der Waals surface area (Å²) in [5.41, 5.74) is 7.93. The summed E-state index contributed by atoms with van der Waals surface area (Å²) in [4.78, 5) is 26.2. The normalized spacial score (nSPS) is 28.6. The summed E-state index contributed by atoms with van der Waals surface area (Å²) < 4.78 is 2.71. The highest BCUT2D eigenvalue weighted by molar-refractivity contribution is 9.10. The van der Waals surface area contributed by atoms with E-state index in [1.54, 1.807) is 6.20 Å². The van der Waals surface area contributed by atoms with Gasteiger partial charge in [0.15, 0.2) is 5.82 Å². The Bertz CT molecular complexity index is 924. The molecule has 0 unspecified atom stereocenters. The van der Waals surface area contributed by atoms with Crippen LogP contribution in [0.5, 0.6) is 0 Å². The van der Waals surface area contributed by atoms with E-state index in [0.29, 0.717) is 17.0 Å². The van der Waals surface area contributed by atoms with Gasteiger partial charge in [0, 0.05) is 37.1 Å². The van der Waals surface area contributed by atoms with Gasteiger partial charge in [0.2, 0.25) is 5.91 Å². The average molecular weight is 417 g/mol. The predicted molar refractivity (Wildman–Crippen MR) is 101 cm³/mol. The van der Waals surface area contributed by atoms with Gasteiger partial charge >= 0.3 is 0 Å². The number of fused-ring (bicyclic) bond motifs is 3. The number of nitrogen functional groups attached to an aromatic ring is 1. The van der Waals surface area contributed by atoms with Crippen molar-refractivity contribution in [3.63, 3.8) is 0 Å². The average Bonchev–Trinajstić information content (AvgIpc) is 3.25. The number of carbonyl (C=O) groups is 1. The molecule has 5 heterocycles. The molecule has 3 atom stereocenters. The summed E-state index contributed by atoms with van der Waals surface area (Å²) in [6.45, 7) is 5.96. The maximum absolute atomic E-state index is 13.1. The van der Waals surface area contributed by atoms with E-state index in [2.05, 4.69) is 32.4 Å². The number of amides is 1. The molecule has 3 fully saturated rings. The number of nitrogens with two attached hydrogens (primary N) is 1. The van der Waals surface area contributed by atoms with Gasteiger partial charge < -0.3 is 15.5 Å². The molecule has 2 aromatic rings. The highest BCUT2D eigenvalue weighted by Crippen LogP contribution is 2.40. The Morgan fingerprint density at radius 1 is 1.23 bits per heavy atom. The first-order valence-electron chi connectivity index (χ1n) is 9.10. The van der Waals surface area contributed by atoms with Crippen molar-refractivity contribution in [2.24, 2.45) is 0 Å². The van der Waals surface area contributed by atoms with Gasteiger partial charge in [0.25, 0.3) is 0 Å². The van der Waals surface area contributed by atoms with Crippen molar-refractivity contribution in [1.82, 2.24) is 24.2 Å². The molecule has 2 N–H and O–H groups in total. The highest BCUT2D eigenvalue weighted by Gasteiger charge is 2.47. The zero-order chi connectivity index (χ0) is 18.0. The molecule has 0 saturated carbocycles. The van der Waals surface area contributed by atoms with Crippen molar-refractivity contribution in [1.29, 1.82) is 0 Å². The molecule has 0 radical (unpaired) electrons. The van der Waals surface area contributed by atoms with Crippen molar-refractivity contribution in [2.45, 2.75) is 43.7 Å². The topological polar surface area (TPSA) is 79.8 Å². The van der Waals surface area contributed by atoms with E-state index in [1.807, 2.05) is 15.5 Å². The van der Waals surface area contributed by atoms with Crippen LogP contribution in [0.2, 0.25) is 0 Å². The van der Waals surface area contributed by atoms with Gasteiger partial charge in [-0.2, -0.15) is 0 Å². The quantitative estimate of drug-likeness (QED) is 0.769. The number of nitrogens with zero attached hydrogens (tertiary/aromatic N) is 5. The van der Waals surface area contributed by atoms with Crippen molar-refractivity contribution in [3.8, 4) is 0 Å². The second-order valence-electron chi connectivity index (χ2n) is 7.42. The number of hydrogen-bond donors (Lipinski definition) is 1. The number of anilines is 1. The number of hydrogen-bond acceptors (Lipinski definition) is 5. The van der Waals surface area contributed by atoms with Crippen molar-refractivity contribution in [2.75, 3.05) is 18.8 Å². The minimum absolute atomic E-state index is 0.0129. The van der Waals surface area contributed by atoms with E-state index in [9.17, 15) is 4.79 Å². The van der Waals surface area contributed by atoms with Crippen LogP contribution >= 0.6 is 15.9 Å². The molecule has 5 rings (SSSR count). The van der Waals surface area contributed by atoms with E-state index >= 15 is 0 Å². The van der Waals surface area contributed by atoms with E-state index in [4.69, 9.17) is 10.7 Å². The molecule has 7 nitrogen and oxygen atoms in total. The van der Waals surface area contributed by atoms with Gasteiger partial charge in [-0.3, -0.25) is 9.20 Å². The third-order valence-electron chi connectivity index (χ3n) is 6.09. The lowest BCUT2D eigenvalue weighted by molar-refractivity contribution is -0.143. The Hall–Kier alpha value is -2.09. The standard InChI is InChI=1S/C18H21BrN6O/c1-10-12-5-4-11(9-25(12)18(26)13-3-2-7-23(10)13)17-22-15(19)14-16(20)21-6-8-24(14)17/h6,8,11-13H,1-5,7,9H2,(H2,20,21)/t11-,12+,13+/m1/s1. The fourth-order valence-corrected chi connectivity index (χ4v) is 5.43. The van der Waals surface area contributed by atoms with Gasteiger partial charge in [-0.1, -0.05) is 6.58 Å². The van der Waals surface area contributed by atoms with E-state index in [-0.39, 0.29) is 23.9 Å². The fourth-order valence-electron chi connectivity index (χ4n) is 4.85. The van der Waals surface area contributed by atoms with Crippen LogP contribution in [-0.4, -0.2) is 55.2 Å². The molecule has 3 aliphatic heterocycles. The molecule has 0 spiro atoms. The van der Waals surface area contributed by atoms with Gasteiger partial charge in [0.1, 0.15) is 22.0 Å². The van der Waals surface area contributed by atoms with Crippen LogP contribution in [0.25, 0.3) is 5.52 Å². The lowest BCUT2D eigenvalue weighted by atomic mass is 9.87. The van der Waals surface area contributed by atoms with Crippen molar-refractivity contribution in [3.05, 3.63) is 35.1 Å². The SMILES string of the molecule is C=C1[C@@H]2CC[C@@H](c3nc(Br)c4c(N)nccn34)CN2C(=O)[C@@H]2CCCN12. The summed E-state index contributed by atoms with van der Waals surface area (Å²) in [7, 11) is 0. The Kier molecular flexibility index (Phi) is 3.53. The first-order valence-corrected chi connectivity index (χ1v) is 9.89. The largest absolute Gasteiger partial charge is 0.382 e. The molecule has 8 heteroatoms. The monoisotopic (exact) mass is 416 g/mol. The number of rotatable bonds is 1. The molecule has 0 aromatic carbocycles. The minimum atomic E-state index is -0.0129. The molecule has 136 valence electrons. The van der Waals surface area contributed by atoms with Crippen LogP contribution in [0, 0.1) is 0 Å². The summed E-state index contributed by atoms with van der Waals surface area (Å²) >= 11 is 3.51. The van der Waals surface area contributed by atoms with Crippen LogP contribution in [-0.2, 0) is 4.79 Å². The van der Waals surface area contributed by atoms with Crippen LogP contribution in [0.1, 0.15) is 37.4 Å². The molecule has 26 heavy (non-hydrogen) atoms. The third kappa shape index (κ3) is 2.14. The Morgan fingerprint density at radius 3 is 2.92 bits per heavy atom. The zero-order valence-corrected chi connectivity index (χ0v) is 16.0. The van der Waals surface area contributed by atoms with Gasteiger partial charge in [-0.15, -0.1) is 0 Å². The van der Waals surface area contributed by atoms with Crippen LogP contribution in [0.3, 0.4) is 0 Å². The molecule has 3 aliphatic rings. The maximum Gasteiger partial charge on any atom is 0.245 e. The number of aromatic nitrogens is 3. The van der Waals surface area contributed by atoms with E-state index < -0.39 is 0 Å². The minimum Gasteiger partial charge on any atom is -0.382 e. The van der Waals surface area contributed by atoms with E-state index in [0.717, 1.165) is 49.3 Å². The molecule has 3 saturated heterocycles. The molecular weight excluding hydrogens is 396 g/mol. The number of halogens is 1. The smallest absolute Gasteiger partial charge is 0.245 e. The van der Waals surface area contributed by atoms with Gasteiger partial charge in [0.05, 0.1) is 6.04 Å². The van der Waals surface area contributed by atoms with Crippen LogP contribution in [0.15, 0.2) is 29.3 Å². The molecule has 2 aromatic heterocycles. The van der Waals surface area contributed by atoms with Crippen LogP contribution < -0.4 is 5.73 Å². The number of imidazole rings is 1. The summed E-state index contributed by atoms with van der Waals surface area (Å²) in [5.74, 6) is 1.82. The van der Waals surface area contributed by atoms with Gasteiger partial charge in [-0.25, -0.2) is 9.97 Å². The number of piperazine rings is 1. The molecule has 0 aliphatic carbocycles. The summed E-state index contributed by atoms with van der Waals surface area (Å²) in [6.07, 6.45) is 7.48.